The lowest BCUT2D eigenvalue weighted by atomic mass is 10.2. The van der Waals surface area contributed by atoms with E-state index in [0.29, 0.717) is 38.9 Å². The normalized spacial score (nSPS) is 11.9. The second-order valence-corrected chi connectivity index (χ2v) is 10.0. The van der Waals surface area contributed by atoms with Crippen LogP contribution in [0.4, 0.5) is 11.5 Å². The largest absolute Gasteiger partial charge is 0.339 e. The van der Waals surface area contributed by atoms with E-state index in [0.717, 1.165) is 5.69 Å². The number of nitrogens with one attached hydrogen (secondary N) is 1. The van der Waals surface area contributed by atoms with Crippen LogP contribution in [-0.4, -0.2) is 38.2 Å². The van der Waals surface area contributed by atoms with Crippen LogP contribution in [0.15, 0.2) is 36.7 Å². The monoisotopic (exact) mass is 398 g/mol. The number of aryl methyl sites for hydroxylation is 1. The van der Waals surface area contributed by atoms with Gasteiger partial charge in [0.15, 0.2) is 5.65 Å². The molecule has 0 amide bonds. The maximum absolute atomic E-state index is 13.1. The molecule has 136 valence electrons. The number of aromatic nitrogens is 5. The van der Waals surface area contributed by atoms with Crippen molar-refractivity contribution in [2.45, 2.75) is 6.92 Å². The molecule has 1 aromatic carbocycles. The number of pyridine rings is 1. The van der Waals surface area contributed by atoms with Crippen LogP contribution >= 0.6 is 18.7 Å². The lowest BCUT2D eigenvalue weighted by molar-refractivity contribution is 0.588. The fourth-order valence-electron chi connectivity index (χ4n) is 2.96. The first-order chi connectivity index (χ1) is 12.8. The number of hydrogen-bond acceptors (Lipinski definition) is 7. The Kier molecular flexibility index (Phi) is 4.29. The van der Waals surface area contributed by atoms with Crippen molar-refractivity contribution in [2.24, 2.45) is 0 Å². The number of halogens is 1. The molecule has 3 heterocycles. The first-order valence-electron chi connectivity index (χ1n) is 8.20. The first kappa shape index (κ1) is 17.8. The molecule has 0 unspecified atom stereocenters. The van der Waals surface area contributed by atoms with Crippen LogP contribution in [0.1, 0.15) is 5.69 Å². The molecule has 0 aliphatic heterocycles. The zero-order chi connectivity index (χ0) is 19.2. The second-order valence-electron chi connectivity index (χ2n) is 6.53. The van der Waals surface area contributed by atoms with Gasteiger partial charge in [0.05, 0.1) is 27.6 Å². The van der Waals surface area contributed by atoms with E-state index < -0.39 is 7.14 Å². The van der Waals surface area contributed by atoms with E-state index in [4.69, 9.17) is 11.6 Å². The highest BCUT2D eigenvalue weighted by molar-refractivity contribution is 7.71. The first-order valence-corrected chi connectivity index (χ1v) is 11.2. The minimum atomic E-state index is -2.69. The Balaban J connectivity index is 1.97. The molecule has 0 saturated heterocycles. The fourth-order valence-corrected chi connectivity index (χ4v) is 4.51. The van der Waals surface area contributed by atoms with Gasteiger partial charge in [-0.3, -0.25) is 4.98 Å². The quantitative estimate of drug-likeness (QED) is 0.413. The highest BCUT2D eigenvalue weighted by Crippen LogP contribution is 2.41. The van der Waals surface area contributed by atoms with E-state index >= 15 is 0 Å². The summed E-state index contributed by atoms with van der Waals surface area (Å²) in [6.45, 7) is 5.28. The van der Waals surface area contributed by atoms with Crippen molar-refractivity contribution < 1.29 is 4.57 Å². The smallest absolute Gasteiger partial charge is 0.226 e. The predicted octanol–water partition coefficient (Wildman–Crippen LogP) is 3.92. The van der Waals surface area contributed by atoms with Crippen molar-refractivity contribution in [3.8, 4) is 0 Å². The van der Waals surface area contributed by atoms with Crippen molar-refractivity contribution >= 4 is 57.6 Å². The zero-order valence-electron chi connectivity index (χ0n) is 14.9. The van der Waals surface area contributed by atoms with Crippen LogP contribution in [-0.2, 0) is 4.57 Å². The molecule has 0 bridgehead atoms. The van der Waals surface area contributed by atoms with Gasteiger partial charge in [-0.1, -0.05) is 0 Å². The van der Waals surface area contributed by atoms with E-state index in [1.54, 1.807) is 31.8 Å². The Labute approximate surface area is 160 Å². The standard InChI is InChI=1S/C18H16ClN6OP/c1-10-9-21-12-6-7-13(15(14(12)22-10)27(2,3)26)23-17-11-5-4-8-20-16(11)24-18(19)25-17/h4-9H,1-3H3,(H,20,23,24,25). The maximum Gasteiger partial charge on any atom is 0.226 e. The molecule has 0 radical (unpaired) electrons. The molecule has 7 nitrogen and oxygen atoms in total. The second kappa shape index (κ2) is 6.51. The summed E-state index contributed by atoms with van der Waals surface area (Å²) in [5.41, 5.74) is 3.20. The van der Waals surface area contributed by atoms with E-state index in [1.807, 2.05) is 25.1 Å². The third kappa shape index (κ3) is 3.36. The average molecular weight is 399 g/mol. The fraction of sp³-hybridized carbons (Fsp3) is 0.167. The van der Waals surface area contributed by atoms with E-state index in [1.165, 1.54) is 0 Å². The molecule has 0 aliphatic rings. The number of fused-ring (bicyclic) bond motifs is 2. The third-order valence-electron chi connectivity index (χ3n) is 4.04. The van der Waals surface area contributed by atoms with E-state index in [2.05, 4.69) is 30.2 Å². The number of rotatable bonds is 3. The van der Waals surface area contributed by atoms with Gasteiger partial charge in [-0.15, -0.1) is 0 Å². The molecule has 0 spiro atoms. The summed E-state index contributed by atoms with van der Waals surface area (Å²) in [6, 6.07) is 7.32. The van der Waals surface area contributed by atoms with Gasteiger partial charge >= 0.3 is 0 Å². The summed E-state index contributed by atoms with van der Waals surface area (Å²) in [4.78, 5) is 21.6. The molecule has 0 aliphatic carbocycles. The summed E-state index contributed by atoms with van der Waals surface area (Å²) < 4.78 is 13.1. The highest BCUT2D eigenvalue weighted by atomic mass is 35.5. The van der Waals surface area contributed by atoms with Crippen molar-refractivity contribution in [3.05, 3.63) is 47.6 Å². The van der Waals surface area contributed by atoms with Crippen LogP contribution in [0.3, 0.4) is 0 Å². The summed E-state index contributed by atoms with van der Waals surface area (Å²) in [5.74, 6) is 0.493. The number of hydrogen-bond donors (Lipinski definition) is 1. The predicted molar refractivity (Wildman–Crippen MR) is 109 cm³/mol. The number of anilines is 2. The van der Waals surface area contributed by atoms with Gasteiger partial charge in [-0.2, -0.15) is 9.97 Å². The summed E-state index contributed by atoms with van der Waals surface area (Å²) in [5, 5.41) is 4.68. The molecule has 1 N–H and O–H groups in total. The van der Waals surface area contributed by atoms with Gasteiger partial charge in [0.25, 0.3) is 0 Å². The Hall–Kier alpha value is -2.63. The minimum absolute atomic E-state index is 0.0813. The molecule has 0 saturated carbocycles. The molecule has 4 rings (SSSR count). The molecule has 3 aromatic heterocycles. The molecule has 0 atom stereocenters. The number of nitrogens with zero attached hydrogens (tertiary/aromatic N) is 5. The minimum Gasteiger partial charge on any atom is -0.339 e. The van der Waals surface area contributed by atoms with Gasteiger partial charge in [0, 0.05) is 12.4 Å². The summed E-state index contributed by atoms with van der Waals surface area (Å²) in [6.07, 6.45) is 3.33. The lowest BCUT2D eigenvalue weighted by Crippen LogP contribution is -2.14. The SMILES string of the molecule is Cc1cnc2ccc(Nc3nc(Cl)nc4ncccc34)c(P(C)(C)=O)c2n1. The number of benzene rings is 1. The topological polar surface area (TPSA) is 93.5 Å². The lowest BCUT2D eigenvalue weighted by Gasteiger charge is -2.17. The van der Waals surface area contributed by atoms with Gasteiger partial charge in [-0.05, 0) is 56.1 Å². The van der Waals surface area contributed by atoms with Crippen LogP contribution in [0.2, 0.25) is 5.28 Å². The van der Waals surface area contributed by atoms with Crippen molar-refractivity contribution in [1.82, 2.24) is 24.9 Å². The van der Waals surface area contributed by atoms with Gasteiger partial charge in [-0.25, -0.2) is 9.97 Å². The molecular weight excluding hydrogens is 383 g/mol. The van der Waals surface area contributed by atoms with Gasteiger partial charge < -0.3 is 9.88 Å². The van der Waals surface area contributed by atoms with Crippen molar-refractivity contribution in [3.63, 3.8) is 0 Å². The molecule has 0 fully saturated rings. The molecule has 27 heavy (non-hydrogen) atoms. The van der Waals surface area contributed by atoms with Crippen LogP contribution in [0.25, 0.3) is 22.1 Å². The van der Waals surface area contributed by atoms with Crippen molar-refractivity contribution in [2.75, 3.05) is 18.6 Å². The van der Waals surface area contributed by atoms with Crippen LogP contribution < -0.4 is 10.6 Å². The average Bonchev–Trinajstić information content (AvgIpc) is 2.60. The molecule has 9 heteroatoms. The highest BCUT2D eigenvalue weighted by Gasteiger charge is 2.22. The van der Waals surface area contributed by atoms with Gasteiger partial charge in [0.2, 0.25) is 5.28 Å². The van der Waals surface area contributed by atoms with Crippen LogP contribution in [0, 0.1) is 6.92 Å². The summed E-state index contributed by atoms with van der Waals surface area (Å²) in [7, 11) is -2.69. The van der Waals surface area contributed by atoms with E-state index in [-0.39, 0.29) is 5.28 Å². The Morgan fingerprint density at radius 1 is 1.07 bits per heavy atom. The zero-order valence-corrected chi connectivity index (χ0v) is 16.6. The molecule has 4 aromatic rings. The Bertz CT molecular complexity index is 1240. The third-order valence-corrected chi connectivity index (χ3v) is 5.74. The Morgan fingerprint density at radius 3 is 2.67 bits per heavy atom. The molecular formula is C18H16ClN6OP. The van der Waals surface area contributed by atoms with Crippen molar-refractivity contribution in [1.29, 1.82) is 0 Å². The maximum atomic E-state index is 13.1. The van der Waals surface area contributed by atoms with Gasteiger partial charge in [0.1, 0.15) is 18.5 Å². The van der Waals surface area contributed by atoms with Crippen LogP contribution in [0.5, 0.6) is 0 Å². The summed E-state index contributed by atoms with van der Waals surface area (Å²) >= 11 is 6.06. The Morgan fingerprint density at radius 2 is 1.89 bits per heavy atom. The van der Waals surface area contributed by atoms with E-state index in [9.17, 15) is 4.57 Å².